The zero-order valence-corrected chi connectivity index (χ0v) is 14.5. The standard InChI is InChI=1S/C23H17NO3/c25-21(18-12-6-2-7-13-18)23(22(26)19-14-8-3-9-15-19)16-20(24-27-23)17-10-4-1-5-11-17/h1-15H,16H2. The second kappa shape index (κ2) is 7.00. The average molecular weight is 355 g/mol. The number of oxime groups is 1. The van der Waals surface area contributed by atoms with Gasteiger partial charge in [0.05, 0.1) is 12.1 Å². The van der Waals surface area contributed by atoms with Crippen LogP contribution in [0.25, 0.3) is 0 Å². The third-order valence-electron chi connectivity index (χ3n) is 4.64. The molecular weight excluding hydrogens is 338 g/mol. The summed E-state index contributed by atoms with van der Waals surface area (Å²) in [5.41, 5.74) is 0.580. The minimum absolute atomic E-state index is 0.0957. The molecule has 27 heavy (non-hydrogen) atoms. The molecule has 0 radical (unpaired) electrons. The van der Waals surface area contributed by atoms with Crippen molar-refractivity contribution in [1.82, 2.24) is 0 Å². The van der Waals surface area contributed by atoms with Gasteiger partial charge >= 0.3 is 0 Å². The molecule has 0 saturated carbocycles. The number of nitrogens with zero attached hydrogens (tertiary/aromatic N) is 1. The van der Waals surface area contributed by atoms with Crippen LogP contribution in [0.1, 0.15) is 32.7 Å². The number of Topliss-reactive ketones (excluding diaryl/α,β-unsaturated/α-hetero) is 2. The van der Waals surface area contributed by atoms with Gasteiger partial charge in [-0.1, -0.05) is 96.2 Å². The maximum Gasteiger partial charge on any atom is 0.267 e. The van der Waals surface area contributed by atoms with Gasteiger partial charge in [0.25, 0.3) is 5.60 Å². The van der Waals surface area contributed by atoms with Crippen molar-refractivity contribution in [3.05, 3.63) is 108 Å². The average Bonchev–Trinajstić information content (AvgIpc) is 3.21. The van der Waals surface area contributed by atoms with Crippen molar-refractivity contribution >= 4 is 17.3 Å². The van der Waals surface area contributed by atoms with Gasteiger partial charge in [-0.2, -0.15) is 0 Å². The van der Waals surface area contributed by atoms with Crippen molar-refractivity contribution in [1.29, 1.82) is 0 Å². The van der Waals surface area contributed by atoms with Crippen molar-refractivity contribution in [3.63, 3.8) is 0 Å². The molecule has 0 aliphatic carbocycles. The highest BCUT2D eigenvalue weighted by Crippen LogP contribution is 2.34. The van der Waals surface area contributed by atoms with E-state index >= 15 is 0 Å². The summed E-state index contributed by atoms with van der Waals surface area (Å²) in [5, 5.41) is 4.13. The monoisotopic (exact) mass is 355 g/mol. The van der Waals surface area contributed by atoms with E-state index in [1.807, 2.05) is 42.5 Å². The fraction of sp³-hybridized carbons (Fsp3) is 0.0870. The second-order valence-electron chi connectivity index (χ2n) is 6.39. The predicted octanol–water partition coefficient (Wildman–Crippen LogP) is 4.32. The van der Waals surface area contributed by atoms with Crippen molar-refractivity contribution in [2.75, 3.05) is 0 Å². The molecule has 3 aromatic carbocycles. The summed E-state index contributed by atoms with van der Waals surface area (Å²) in [5.74, 6) is -0.765. The Morgan fingerprint density at radius 1 is 0.704 bits per heavy atom. The largest absolute Gasteiger partial charge is 0.372 e. The fourth-order valence-electron chi connectivity index (χ4n) is 3.21. The lowest BCUT2D eigenvalue weighted by Gasteiger charge is -2.24. The van der Waals surface area contributed by atoms with Gasteiger partial charge in [0, 0.05) is 11.1 Å². The predicted molar refractivity (Wildman–Crippen MR) is 103 cm³/mol. The normalized spacial score (nSPS) is 14.9. The molecule has 0 saturated heterocycles. The molecule has 0 fully saturated rings. The maximum atomic E-state index is 13.3. The van der Waals surface area contributed by atoms with E-state index in [1.54, 1.807) is 48.5 Å². The first-order chi connectivity index (χ1) is 13.2. The van der Waals surface area contributed by atoms with Crippen molar-refractivity contribution in [2.24, 2.45) is 5.16 Å². The SMILES string of the molecule is O=C(c1ccccc1)C1(C(=O)c2ccccc2)CC(c2ccccc2)=NO1. The van der Waals surface area contributed by atoms with Gasteiger partial charge in [0.2, 0.25) is 11.6 Å². The lowest BCUT2D eigenvalue weighted by atomic mass is 9.81. The van der Waals surface area contributed by atoms with Gasteiger partial charge in [-0.15, -0.1) is 0 Å². The Kier molecular flexibility index (Phi) is 4.38. The highest BCUT2D eigenvalue weighted by atomic mass is 16.7. The molecule has 3 aromatic rings. The van der Waals surface area contributed by atoms with Crippen LogP contribution in [-0.4, -0.2) is 22.9 Å². The molecule has 0 amide bonds. The van der Waals surface area contributed by atoms with Gasteiger partial charge in [-0.25, -0.2) is 0 Å². The zero-order valence-electron chi connectivity index (χ0n) is 14.5. The topological polar surface area (TPSA) is 55.7 Å². The van der Waals surface area contributed by atoms with Gasteiger partial charge < -0.3 is 4.84 Å². The quantitative estimate of drug-likeness (QED) is 0.506. The summed E-state index contributed by atoms with van der Waals surface area (Å²) in [7, 11) is 0. The molecule has 0 atom stereocenters. The van der Waals surface area contributed by atoms with Crippen molar-refractivity contribution in [2.45, 2.75) is 12.0 Å². The molecule has 0 spiro atoms. The van der Waals surface area contributed by atoms with Gasteiger partial charge in [-0.3, -0.25) is 9.59 Å². The van der Waals surface area contributed by atoms with Gasteiger partial charge in [0.15, 0.2) is 0 Å². The number of rotatable bonds is 5. The molecule has 4 nitrogen and oxygen atoms in total. The second-order valence-corrected chi connectivity index (χ2v) is 6.39. The lowest BCUT2D eigenvalue weighted by Crippen LogP contribution is -2.47. The van der Waals surface area contributed by atoms with Crippen LogP contribution >= 0.6 is 0 Å². The number of carbonyl (C=O) groups is 2. The van der Waals surface area contributed by atoms with Crippen molar-refractivity contribution in [3.8, 4) is 0 Å². The smallest absolute Gasteiger partial charge is 0.267 e. The molecule has 0 bridgehead atoms. The molecule has 0 aromatic heterocycles. The number of carbonyl (C=O) groups excluding carboxylic acids is 2. The van der Waals surface area contributed by atoms with Crippen LogP contribution in [0, 0.1) is 0 Å². The van der Waals surface area contributed by atoms with Crippen LogP contribution in [0.5, 0.6) is 0 Å². The molecule has 1 aliphatic rings. The van der Waals surface area contributed by atoms with E-state index in [9.17, 15) is 9.59 Å². The Hall–Kier alpha value is -3.53. The first-order valence-corrected chi connectivity index (χ1v) is 8.71. The minimum Gasteiger partial charge on any atom is -0.372 e. The van der Waals surface area contributed by atoms with Gasteiger partial charge in [-0.05, 0) is 5.56 Å². The van der Waals surface area contributed by atoms with E-state index in [1.165, 1.54) is 0 Å². The lowest BCUT2D eigenvalue weighted by molar-refractivity contribution is 0.00336. The Bertz CT molecular complexity index is 944. The molecule has 0 unspecified atom stereocenters. The summed E-state index contributed by atoms with van der Waals surface area (Å²) in [6.07, 6.45) is 0.0957. The summed E-state index contributed by atoms with van der Waals surface area (Å²) in [6.45, 7) is 0. The van der Waals surface area contributed by atoms with Crippen LogP contribution in [0.3, 0.4) is 0 Å². The molecular formula is C23H17NO3. The molecule has 132 valence electrons. The minimum atomic E-state index is -1.69. The Morgan fingerprint density at radius 2 is 1.15 bits per heavy atom. The number of benzene rings is 3. The van der Waals surface area contributed by atoms with E-state index in [-0.39, 0.29) is 18.0 Å². The third kappa shape index (κ3) is 3.06. The number of ketones is 2. The highest BCUT2D eigenvalue weighted by molar-refractivity contribution is 6.26. The summed E-state index contributed by atoms with van der Waals surface area (Å²) < 4.78 is 0. The summed E-state index contributed by atoms with van der Waals surface area (Å²) in [6, 6.07) is 26.9. The fourth-order valence-corrected chi connectivity index (χ4v) is 3.21. The van der Waals surface area contributed by atoms with E-state index in [2.05, 4.69) is 5.16 Å². The molecule has 1 heterocycles. The first-order valence-electron chi connectivity index (χ1n) is 8.71. The molecule has 4 rings (SSSR count). The summed E-state index contributed by atoms with van der Waals surface area (Å²) >= 11 is 0. The van der Waals surface area contributed by atoms with Crippen LogP contribution in [0.15, 0.2) is 96.2 Å². The van der Waals surface area contributed by atoms with Crippen LogP contribution in [-0.2, 0) is 4.84 Å². The molecule has 0 N–H and O–H groups in total. The highest BCUT2D eigenvalue weighted by Gasteiger charge is 2.53. The molecule has 1 aliphatic heterocycles. The first kappa shape index (κ1) is 16.9. The Labute approximate surface area is 157 Å². The third-order valence-corrected chi connectivity index (χ3v) is 4.64. The van der Waals surface area contributed by atoms with Crippen molar-refractivity contribution < 1.29 is 14.4 Å². The van der Waals surface area contributed by atoms with Crippen LogP contribution in [0.2, 0.25) is 0 Å². The van der Waals surface area contributed by atoms with Gasteiger partial charge in [0.1, 0.15) is 0 Å². The molecule has 4 heteroatoms. The Morgan fingerprint density at radius 3 is 1.63 bits per heavy atom. The Balaban J connectivity index is 1.76. The number of hydrogen-bond acceptors (Lipinski definition) is 4. The van der Waals surface area contributed by atoms with E-state index in [0.717, 1.165) is 5.56 Å². The maximum absolute atomic E-state index is 13.3. The van der Waals surface area contributed by atoms with E-state index in [0.29, 0.717) is 16.8 Å². The van der Waals surface area contributed by atoms with E-state index < -0.39 is 5.60 Å². The van der Waals surface area contributed by atoms with Crippen LogP contribution in [0.4, 0.5) is 0 Å². The van der Waals surface area contributed by atoms with E-state index in [4.69, 9.17) is 4.84 Å². The zero-order chi connectivity index (χ0) is 18.7. The van der Waals surface area contributed by atoms with Crippen LogP contribution < -0.4 is 0 Å². The summed E-state index contributed by atoms with van der Waals surface area (Å²) in [4.78, 5) is 32.3. The number of hydrogen-bond donors (Lipinski definition) is 0.